The topological polar surface area (TPSA) is 63.7 Å². The highest BCUT2D eigenvalue weighted by atomic mass is 16.6. The maximum absolute atomic E-state index is 11.7. The summed E-state index contributed by atoms with van der Waals surface area (Å²) in [6.07, 6.45) is 0.291. The molecular formula is C11H17NO4. The van der Waals surface area contributed by atoms with Gasteiger partial charge in [0.2, 0.25) is 5.91 Å². The maximum Gasteiger partial charge on any atom is 0.417 e. The van der Waals surface area contributed by atoms with E-state index in [1.807, 2.05) is 0 Å². The third-order valence-corrected chi connectivity index (χ3v) is 2.34. The first-order valence-electron chi connectivity index (χ1n) is 5.27. The molecule has 1 saturated heterocycles. The zero-order valence-corrected chi connectivity index (χ0v) is 10.0. The molecule has 16 heavy (non-hydrogen) atoms. The number of aldehydes is 1. The van der Waals surface area contributed by atoms with E-state index in [1.165, 1.54) is 0 Å². The van der Waals surface area contributed by atoms with Gasteiger partial charge in [-0.3, -0.25) is 4.79 Å². The van der Waals surface area contributed by atoms with Crippen LogP contribution in [0.4, 0.5) is 4.79 Å². The Hall–Kier alpha value is -1.39. The van der Waals surface area contributed by atoms with Gasteiger partial charge in [-0.05, 0) is 34.1 Å². The van der Waals surface area contributed by atoms with E-state index in [9.17, 15) is 14.4 Å². The fraction of sp³-hybridized carbons (Fsp3) is 0.727. The molecule has 0 N–H and O–H groups in total. The van der Waals surface area contributed by atoms with E-state index in [2.05, 4.69) is 0 Å². The number of hydrogen-bond acceptors (Lipinski definition) is 4. The Bertz CT molecular complexity index is 318. The molecule has 2 atom stereocenters. The largest absolute Gasteiger partial charge is 0.443 e. The van der Waals surface area contributed by atoms with Crippen molar-refractivity contribution in [1.29, 1.82) is 0 Å². The number of likely N-dealkylation sites (tertiary alicyclic amines) is 1. The lowest BCUT2D eigenvalue weighted by Crippen LogP contribution is -2.41. The van der Waals surface area contributed by atoms with E-state index >= 15 is 0 Å². The molecule has 0 radical (unpaired) electrons. The van der Waals surface area contributed by atoms with Crippen LogP contribution in [0.2, 0.25) is 0 Å². The maximum atomic E-state index is 11.7. The van der Waals surface area contributed by atoms with Crippen molar-refractivity contribution in [2.45, 2.75) is 45.8 Å². The quantitative estimate of drug-likeness (QED) is 0.501. The number of hydrogen-bond donors (Lipinski definition) is 0. The minimum atomic E-state index is -0.706. The number of carbonyl (C=O) groups is 3. The summed E-state index contributed by atoms with van der Waals surface area (Å²) in [6.45, 7) is 6.92. The average molecular weight is 227 g/mol. The fourth-order valence-electron chi connectivity index (χ4n) is 1.66. The SMILES string of the molecule is CC1CC(C=O)C(=O)N1C(=O)OC(C)(C)C. The zero-order chi connectivity index (χ0) is 12.5. The Kier molecular flexibility index (Phi) is 3.35. The molecule has 2 amide bonds. The summed E-state index contributed by atoms with van der Waals surface area (Å²) in [5.41, 5.74) is -0.643. The lowest BCUT2D eigenvalue weighted by atomic mass is 10.1. The fourth-order valence-corrected chi connectivity index (χ4v) is 1.66. The molecule has 0 spiro atoms. The van der Waals surface area contributed by atoms with Crippen LogP contribution in [0.3, 0.4) is 0 Å². The highest BCUT2D eigenvalue weighted by molar-refractivity contribution is 6.02. The Balaban J connectivity index is 2.77. The van der Waals surface area contributed by atoms with Gasteiger partial charge in [0.05, 0.1) is 5.92 Å². The predicted octanol–water partition coefficient (Wildman–Crippen LogP) is 1.36. The van der Waals surface area contributed by atoms with Crippen LogP contribution in [0.1, 0.15) is 34.1 Å². The first-order chi connectivity index (χ1) is 7.26. The van der Waals surface area contributed by atoms with Gasteiger partial charge in [0.25, 0.3) is 0 Å². The van der Waals surface area contributed by atoms with Gasteiger partial charge in [-0.1, -0.05) is 0 Å². The van der Waals surface area contributed by atoms with Crippen LogP contribution in [-0.2, 0) is 14.3 Å². The van der Waals surface area contributed by atoms with Crippen molar-refractivity contribution in [3.05, 3.63) is 0 Å². The molecule has 2 unspecified atom stereocenters. The normalized spacial score (nSPS) is 25.8. The summed E-state index contributed by atoms with van der Waals surface area (Å²) in [6, 6.07) is -0.280. The first-order valence-corrected chi connectivity index (χ1v) is 5.27. The molecule has 1 aliphatic rings. The second-order valence-corrected chi connectivity index (χ2v) is 5.02. The standard InChI is InChI=1S/C11H17NO4/c1-7-5-8(6-13)9(14)12(7)10(15)16-11(2,3)4/h6-8H,5H2,1-4H3. The van der Waals surface area contributed by atoms with Crippen molar-refractivity contribution < 1.29 is 19.1 Å². The second kappa shape index (κ2) is 4.23. The highest BCUT2D eigenvalue weighted by Crippen LogP contribution is 2.25. The van der Waals surface area contributed by atoms with Gasteiger partial charge in [0.15, 0.2) is 0 Å². The van der Waals surface area contributed by atoms with Gasteiger partial charge in [-0.15, -0.1) is 0 Å². The van der Waals surface area contributed by atoms with Gasteiger partial charge in [-0.25, -0.2) is 9.69 Å². The molecule has 1 fully saturated rings. The van der Waals surface area contributed by atoms with Gasteiger partial charge >= 0.3 is 6.09 Å². The predicted molar refractivity (Wildman–Crippen MR) is 56.7 cm³/mol. The Morgan fingerprint density at radius 1 is 1.50 bits per heavy atom. The molecule has 0 aromatic heterocycles. The molecule has 1 rings (SSSR count). The van der Waals surface area contributed by atoms with Crippen molar-refractivity contribution in [2.24, 2.45) is 5.92 Å². The minimum Gasteiger partial charge on any atom is -0.443 e. The molecular weight excluding hydrogens is 210 g/mol. The summed E-state index contributed by atoms with van der Waals surface area (Å²) in [4.78, 5) is 35.0. The summed E-state index contributed by atoms with van der Waals surface area (Å²) in [5.74, 6) is -1.17. The zero-order valence-electron chi connectivity index (χ0n) is 10.0. The molecule has 5 heteroatoms. The van der Waals surface area contributed by atoms with Crippen LogP contribution in [0.25, 0.3) is 0 Å². The molecule has 0 aliphatic carbocycles. The van der Waals surface area contributed by atoms with E-state index in [0.29, 0.717) is 12.7 Å². The van der Waals surface area contributed by atoms with Crippen molar-refractivity contribution in [3.8, 4) is 0 Å². The molecule has 1 heterocycles. The lowest BCUT2D eigenvalue weighted by molar-refractivity contribution is -0.133. The number of rotatable bonds is 1. The van der Waals surface area contributed by atoms with Crippen LogP contribution < -0.4 is 0 Å². The van der Waals surface area contributed by atoms with Gasteiger partial charge in [0, 0.05) is 6.04 Å². The van der Waals surface area contributed by atoms with Gasteiger partial charge in [0.1, 0.15) is 11.9 Å². The van der Waals surface area contributed by atoms with Crippen molar-refractivity contribution >= 4 is 18.3 Å². The van der Waals surface area contributed by atoms with Crippen LogP contribution >= 0.6 is 0 Å². The number of ether oxygens (including phenoxy) is 1. The van der Waals surface area contributed by atoms with E-state index in [4.69, 9.17) is 4.74 Å². The third-order valence-electron chi connectivity index (χ3n) is 2.34. The van der Waals surface area contributed by atoms with Gasteiger partial charge < -0.3 is 9.53 Å². The van der Waals surface area contributed by atoms with Crippen molar-refractivity contribution in [1.82, 2.24) is 4.90 Å². The monoisotopic (exact) mass is 227 g/mol. The second-order valence-electron chi connectivity index (χ2n) is 5.02. The number of amides is 2. The van der Waals surface area contributed by atoms with Crippen molar-refractivity contribution in [2.75, 3.05) is 0 Å². The summed E-state index contributed by atoms with van der Waals surface area (Å²) in [5, 5.41) is 0. The lowest BCUT2D eigenvalue weighted by Gasteiger charge is -2.25. The van der Waals surface area contributed by atoms with Crippen LogP contribution in [0.15, 0.2) is 0 Å². The van der Waals surface area contributed by atoms with Crippen molar-refractivity contribution in [3.63, 3.8) is 0 Å². The minimum absolute atomic E-state index is 0.280. The molecule has 5 nitrogen and oxygen atoms in total. The van der Waals surface area contributed by atoms with E-state index in [1.54, 1.807) is 27.7 Å². The van der Waals surface area contributed by atoms with E-state index < -0.39 is 23.5 Å². The molecule has 1 aliphatic heterocycles. The number of nitrogens with zero attached hydrogens (tertiary/aromatic N) is 1. The third kappa shape index (κ3) is 2.59. The van der Waals surface area contributed by atoms with Gasteiger partial charge in [-0.2, -0.15) is 0 Å². The number of imide groups is 1. The first kappa shape index (κ1) is 12.7. The van der Waals surface area contributed by atoms with Crippen LogP contribution in [-0.4, -0.2) is 34.8 Å². The molecule has 0 aromatic rings. The summed E-state index contributed by atoms with van der Waals surface area (Å²) < 4.78 is 5.11. The molecule has 0 saturated carbocycles. The Labute approximate surface area is 94.7 Å². The molecule has 0 bridgehead atoms. The van der Waals surface area contributed by atoms with Crippen LogP contribution in [0.5, 0.6) is 0 Å². The smallest absolute Gasteiger partial charge is 0.417 e. The Morgan fingerprint density at radius 3 is 2.44 bits per heavy atom. The molecule has 90 valence electrons. The van der Waals surface area contributed by atoms with E-state index in [0.717, 1.165) is 4.90 Å². The van der Waals surface area contributed by atoms with E-state index in [-0.39, 0.29) is 6.04 Å². The highest BCUT2D eigenvalue weighted by Gasteiger charge is 2.42. The summed E-state index contributed by atoms with van der Waals surface area (Å²) in [7, 11) is 0. The van der Waals surface area contributed by atoms with Crippen LogP contribution in [0, 0.1) is 5.92 Å². The number of carbonyl (C=O) groups excluding carboxylic acids is 3. The average Bonchev–Trinajstić information content (AvgIpc) is 2.38. The molecule has 0 aromatic carbocycles. The Morgan fingerprint density at radius 2 is 2.06 bits per heavy atom. The summed E-state index contributed by atoms with van der Waals surface area (Å²) >= 11 is 0.